The summed E-state index contributed by atoms with van der Waals surface area (Å²) in [6, 6.07) is 0. The van der Waals surface area contributed by atoms with Crippen LogP contribution in [-0.4, -0.2) is 60.0 Å². The van der Waals surface area contributed by atoms with Crippen LogP contribution < -0.4 is 5.32 Å². The van der Waals surface area contributed by atoms with Crippen molar-refractivity contribution in [2.75, 3.05) is 31.3 Å². The van der Waals surface area contributed by atoms with Gasteiger partial charge in [-0.2, -0.15) is 0 Å². The normalized spacial score (nSPS) is 27.9. The molecule has 2 aliphatic rings. The summed E-state index contributed by atoms with van der Waals surface area (Å²) >= 11 is 0. The van der Waals surface area contributed by atoms with Crippen LogP contribution in [0, 0.1) is 0 Å². The van der Waals surface area contributed by atoms with Crippen molar-refractivity contribution in [1.82, 2.24) is 5.32 Å². The second-order valence-electron chi connectivity index (χ2n) is 5.39. The number of hydrogen-bond donors (Lipinski definition) is 2. The Hall–Kier alpha value is -0.440. The number of carboxylic acids is 1. The average Bonchev–Trinajstić information content (AvgIpc) is 3.17. The molecule has 2 N–H and O–H groups in total. The number of hydrogen-bond acceptors (Lipinski definition) is 6. The largest absolute Gasteiger partial charge is 0.481 e. The molecule has 0 bridgehead atoms. The Balaban J connectivity index is 1.67. The first-order valence-electron chi connectivity index (χ1n) is 7.65. The van der Waals surface area contributed by atoms with Crippen LogP contribution in [0.1, 0.15) is 32.1 Å². The number of ether oxygens (including phenoxy) is 2. The Kier molecular flexibility index (Phi) is 7.33. The minimum Gasteiger partial charge on any atom is -0.481 e. The molecule has 2 unspecified atom stereocenters. The Labute approximate surface area is 138 Å². The van der Waals surface area contributed by atoms with Crippen LogP contribution in [0.4, 0.5) is 0 Å². The fourth-order valence-electron chi connectivity index (χ4n) is 2.79. The van der Waals surface area contributed by atoms with Crippen molar-refractivity contribution in [3.05, 3.63) is 0 Å². The quantitative estimate of drug-likeness (QED) is 0.484. The van der Waals surface area contributed by atoms with Gasteiger partial charge in [-0.25, -0.2) is 0 Å². The maximum atomic E-state index is 12.5. The van der Waals surface area contributed by atoms with Crippen LogP contribution in [0.15, 0.2) is 0 Å². The number of nitrogens with one attached hydrogen (secondary N) is 1. The van der Waals surface area contributed by atoms with Gasteiger partial charge >= 0.3 is 5.97 Å². The molecule has 2 aliphatic heterocycles. The maximum Gasteiger partial charge on any atom is 0.304 e. The van der Waals surface area contributed by atoms with E-state index in [-0.39, 0.29) is 18.4 Å². The predicted octanol–water partition coefficient (Wildman–Crippen LogP) is 1.69. The summed E-state index contributed by atoms with van der Waals surface area (Å²) in [6.07, 6.45) is 3.54. The molecule has 0 spiro atoms. The van der Waals surface area contributed by atoms with Gasteiger partial charge in [-0.05, 0) is 25.7 Å². The molecule has 22 heavy (non-hydrogen) atoms. The van der Waals surface area contributed by atoms with Crippen molar-refractivity contribution in [1.29, 1.82) is 0 Å². The molecule has 0 radical (unpaired) electrons. The van der Waals surface area contributed by atoms with E-state index in [9.17, 15) is 9.59 Å². The van der Waals surface area contributed by atoms with E-state index >= 15 is 0 Å². The Morgan fingerprint density at radius 2 is 2.05 bits per heavy atom. The topological polar surface area (TPSA) is 84.9 Å². The number of carboxylic acid groups (broad SMARTS) is 1. The molecule has 126 valence electrons. The first-order chi connectivity index (χ1) is 10.6. The Morgan fingerprint density at radius 3 is 2.68 bits per heavy atom. The lowest BCUT2D eigenvalue weighted by atomic mass is 9.90. The van der Waals surface area contributed by atoms with E-state index in [1.807, 2.05) is 0 Å². The van der Waals surface area contributed by atoms with Crippen LogP contribution in [0.5, 0.6) is 0 Å². The number of amides is 1. The van der Waals surface area contributed by atoms with E-state index in [4.69, 9.17) is 14.6 Å². The lowest BCUT2D eigenvalue weighted by molar-refractivity contribution is -0.157. The molecule has 8 heteroatoms. The second-order valence-corrected chi connectivity index (χ2v) is 8.09. The second kappa shape index (κ2) is 9.00. The van der Waals surface area contributed by atoms with Gasteiger partial charge in [0.2, 0.25) is 0 Å². The molecular weight excluding hydrogens is 326 g/mol. The summed E-state index contributed by atoms with van der Waals surface area (Å²) in [7, 11) is 3.10. The van der Waals surface area contributed by atoms with Crippen LogP contribution in [0.25, 0.3) is 0 Å². The minimum absolute atomic E-state index is 0.0620. The van der Waals surface area contributed by atoms with Crippen molar-refractivity contribution >= 4 is 33.5 Å². The third kappa shape index (κ3) is 4.78. The molecule has 2 heterocycles. The number of rotatable bonds is 9. The van der Waals surface area contributed by atoms with Crippen molar-refractivity contribution in [3.8, 4) is 0 Å². The van der Waals surface area contributed by atoms with E-state index < -0.39 is 11.6 Å². The van der Waals surface area contributed by atoms with Crippen LogP contribution in [0.2, 0.25) is 0 Å². The van der Waals surface area contributed by atoms with E-state index in [1.165, 1.54) is 10.8 Å². The summed E-state index contributed by atoms with van der Waals surface area (Å²) < 4.78 is 11.5. The lowest BCUT2D eigenvalue weighted by Gasteiger charge is -2.32. The molecule has 2 rings (SSSR count). The lowest BCUT2D eigenvalue weighted by Crippen LogP contribution is -2.54. The molecule has 6 nitrogen and oxygen atoms in total. The third-order valence-corrected chi connectivity index (χ3v) is 6.25. The summed E-state index contributed by atoms with van der Waals surface area (Å²) in [5, 5.41) is 11.5. The third-order valence-electron chi connectivity index (χ3n) is 3.84. The first-order valence-corrected chi connectivity index (χ1v) is 10.1. The van der Waals surface area contributed by atoms with E-state index in [0.29, 0.717) is 25.5 Å². The van der Waals surface area contributed by atoms with Crippen molar-refractivity contribution in [2.24, 2.45) is 0 Å². The highest BCUT2D eigenvalue weighted by Gasteiger charge is 2.50. The molecular formula is C14H23NO5S2. The monoisotopic (exact) mass is 349 g/mol. The van der Waals surface area contributed by atoms with Crippen LogP contribution in [-0.2, 0) is 19.1 Å². The highest BCUT2D eigenvalue weighted by atomic mass is 33.1. The molecule has 0 aromatic carbocycles. The van der Waals surface area contributed by atoms with Gasteiger partial charge in [0.1, 0.15) is 0 Å². The fourth-order valence-corrected chi connectivity index (χ4v) is 4.67. The van der Waals surface area contributed by atoms with Gasteiger partial charge in [0.25, 0.3) is 5.91 Å². The van der Waals surface area contributed by atoms with Crippen LogP contribution >= 0.6 is 21.6 Å². The van der Waals surface area contributed by atoms with Gasteiger partial charge in [0.15, 0.2) is 5.60 Å². The average molecular weight is 349 g/mol. The Morgan fingerprint density at radius 1 is 1.23 bits per heavy atom. The van der Waals surface area contributed by atoms with Crippen molar-refractivity contribution in [3.63, 3.8) is 0 Å². The van der Waals surface area contributed by atoms with Gasteiger partial charge < -0.3 is 19.9 Å². The summed E-state index contributed by atoms with van der Waals surface area (Å²) in [5.41, 5.74) is -0.794. The van der Waals surface area contributed by atoms with Crippen LogP contribution in [0.3, 0.4) is 0 Å². The Bertz CT molecular complexity index is 381. The van der Waals surface area contributed by atoms with Gasteiger partial charge in [0.05, 0.1) is 12.5 Å². The molecule has 2 fully saturated rings. The van der Waals surface area contributed by atoms with E-state index in [1.54, 1.807) is 10.8 Å². The number of carbonyl (C=O) groups excluding carboxylic acids is 1. The predicted molar refractivity (Wildman–Crippen MR) is 87.1 cm³/mol. The molecule has 0 aliphatic carbocycles. The molecule has 1 amide bonds. The minimum atomic E-state index is -0.794. The molecule has 0 aromatic rings. The standard InChI is InChI=1S/C14H23NO5S2/c16-12(17)4-9-21-22-10-6-15-13(18)14(5-2-8-20-14)11-3-1-7-19-11/h11H,1-10H2,(H,15,18)(H,16,17). The first kappa shape index (κ1) is 17.9. The SMILES string of the molecule is O=C(O)CCSSCCNC(=O)C1(C2CCCO2)CCCO1. The van der Waals surface area contributed by atoms with E-state index in [2.05, 4.69) is 5.32 Å². The molecule has 2 atom stereocenters. The summed E-state index contributed by atoms with van der Waals surface area (Å²) in [5.74, 6) is 0.487. The molecule has 0 aromatic heterocycles. The van der Waals surface area contributed by atoms with E-state index in [0.717, 1.165) is 31.4 Å². The van der Waals surface area contributed by atoms with Gasteiger partial charge in [0, 0.05) is 31.3 Å². The van der Waals surface area contributed by atoms with Gasteiger partial charge in [-0.1, -0.05) is 21.6 Å². The molecule has 2 saturated heterocycles. The zero-order valence-corrected chi connectivity index (χ0v) is 14.2. The zero-order chi connectivity index (χ0) is 15.8. The number of carbonyl (C=O) groups is 2. The van der Waals surface area contributed by atoms with Crippen molar-refractivity contribution in [2.45, 2.75) is 43.8 Å². The summed E-state index contributed by atoms with van der Waals surface area (Å²) in [4.78, 5) is 22.9. The highest BCUT2D eigenvalue weighted by Crippen LogP contribution is 2.36. The maximum absolute atomic E-state index is 12.5. The number of aliphatic carboxylic acids is 1. The smallest absolute Gasteiger partial charge is 0.304 e. The molecule has 0 saturated carbocycles. The van der Waals surface area contributed by atoms with Crippen molar-refractivity contribution < 1.29 is 24.2 Å². The zero-order valence-electron chi connectivity index (χ0n) is 12.5. The summed E-state index contributed by atoms with van der Waals surface area (Å²) in [6.45, 7) is 1.88. The van der Waals surface area contributed by atoms with Gasteiger partial charge in [-0.3, -0.25) is 9.59 Å². The highest BCUT2D eigenvalue weighted by molar-refractivity contribution is 8.76. The van der Waals surface area contributed by atoms with Gasteiger partial charge in [-0.15, -0.1) is 0 Å². The fraction of sp³-hybridized carbons (Fsp3) is 0.857.